The molecule has 0 fully saturated rings. The largest absolute Gasteiger partial charge is 0.270 e. The molecule has 3 heterocycles. The maximum absolute atomic E-state index is 5.27. The molecule has 90 valence electrons. The number of hydrogen-bond acceptors (Lipinski definition) is 4. The number of aromatic amines is 1. The standard InChI is InChI=1S/C12H10N4S2/c17-12-15-14-11(7-10-4-2-6-18-10)16(12)9-3-1-5-13-8-9/h1-6,8H,7H2,(H,15,17). The van der Waals surface area contributed by atoms with Crippen molar-refractivity contribution in [1.29, 1.82) is 0 Å². The Kier molecular flexibility index (Phi) is 3.04. The maximum Gasteiger partial charge on any atom is 0.199 e. The van der Waals surface area contributed by atoms with Gasteiger partial charge in [0.1, 0.15) is 5.82 Å². The van der Waals surface area contributed by atoms with Crippen molar-refractivity contribution in [3.05, 3.63) is 57.5 Å². The summed E-state index contributed by atoms with van der Waals surface area (Å²) in [5.41, 5.74) is 0.933. The van der Waals surface area contributed by atoms with Gasteiger partial charge in [-0.2, -0.15) is 5.10 Å². The van der Waals surface area contributed by atoms with E-state index in [2.05, 4.69) is 26.6 Å². The van der Waals surface area contributed by atoms with Crippen molar-refractivity contribution in [2.75, 3.05) is 0 Å². The van der Waals surface area contributed by atoms with Gasteiger partial charge in [0, 0.05) is 17.5 Å². The Morgan fingerprint density at radius 3 is 3.00 bits per heavy atom. The molecule has 3 rings (SSSR count). The van der Waals surface area contributed by atoms with Crippen LogP contribution < -0.4 is 0 Å². The van der Waals surface area contributed by atoms with E-state index in [1.807, 2.05) is 22.8 Å². The minimum absolute atomic E-state index is 0.592. The quantitative estimate of drug-likeness (QED) is 0.747. The van der Waals surface area contributed by atoms with E-state index in [0.717, 1.165) is 17.9 Å². The molecule has 0 amide bonds. The van der Waals surface area contributed by atoms with Gasteiger partial charge in [0.2, 0.25) is 0 Å². The minimum Gasteiger partial charge on any atom is -0.270 e. The van der Waals surface area contributed by atoms with Gasteiger partial charge in [0.15, 0.2) is 4.77 Å². The highest BCUT2D eigenvalue weighted by atomic mass is 32.1. The number of aromatic nitrogens is 4. The molecule has 0 saturated carbocycles. The SMILES string of the molecule is S=c1[nH]nc(Cc2cccs2)n1-c1cccnc1. The molecule has 0 spiro atoms. The molecule has 0 aliphatic carbocycles. The molecule has 0 radical (unpaired) electrons. The lowest BCUT2D eigenvalue weighted by molar-refractivity contribution is 0.905. The van der Waals surface area contributed by atoms with Gasteiger partial charge in [-0.15, -0.1) is 11.3 Å². The van der Waals surface area contributed by atoms with Crippen LogP contribution in [0.15, 0.2) is 42.0 Å². The average Bonchev–Trinajstić information content (AvgIpc) is 3.02. The Morgan fingerprint density at radius 1 is 1.33 bits per heavy atom. The Hall–Kier alpha value is -1.79. The highest BCUT2D eigenvalue weighted by molar-refractivity contribution is 7.71. The van der Waals surface area contributed by atoms with Crippen LogP contribution in [0.3, 0.4) is 0 Å². The zero-order chi connectivity index (χ0) is 12.4. The van der Waals surface area contributed by atoms with E-state index in [-0.39, 0.29) is 0 Å². The van der Waals surface area contributed by atoms with Crippen LogP contribution in [0.5, 0.6) is 0 Å². The predicted molar refractivity (Wildman–Crippen MR) is 73.7 cm³/mol. The van der Waals surface area contributed by atoms with Crippen molar-refractivity contribution < 1.29 is 0 Å². The van der Waals surface area contributed by atoms with E-state index in [4.69, 9.17) is 12.2 Å². The normalized spacial score (nSPS) is 10.7. The Balaban J connectivity index is 2.05. The molecule has 3 aromatic heterocycles. The average molecular weight is 274 g/mol. The summed E-state index contributed by atoms with van der Waals surface area (Å²) < 4.78 is 2.51. The molecular weight excluding hydrogens is 264 g/mol. The molecule has 3 aromatic rings. The number of nitrogens with one attached hydrogen (secondary N) is 1. The number of H-pyrrole nitrogens is 1. The molecular formula is C12H10N4S2. The van der Waals surface area contributed by atoms with Gasteiger partial charge in [-0.1, -0.05) is 6.07 Å². The van der Waals surface area contributed by atoms with Crippen LogP contribution in [0.2, 0.25) is 0 Å². The molecule has 0 saturated heterocycles. The predicted octanol–water partition coefficient (Wildman–Crippen LogP) is 2.98. The summed E-state index contributed by atoms with van der Waals surface area (Å²) in [6.07, 6.45) is 4.29. The number of nitrogens with zero attached hydrogens (tertiary/aromatic N) is 3. The third kappa shape index (κ3) is 2.12. The Morgan fingerprint density at radius 2 is 2.28 bits per heavy atom. The monoisotopic (exact) mass is 274 g/mol. The summed E-state index contributed by atoms with van der Waals surface area (Å²) in [4.78, 5) is 5.37. The van der Waals surface area contributed by atoms with Crippen molar-refractivity contribution >= 4 is 23.6 Å². The molecule has 0 aliphatic heterocycles. The van der Waals surface area contributed by atoms with Gasteiger partial charge in [0.25, 0.3) is 0 Å². The molecule has 0 unspecified atom stereocenters. The lowest BCUT2D eigenvalue weighted by Gasteiger charge is -2.04. The van der Waals surface area contributed by atoms with Gasteiger partial charge in [-0.05, 0) is 35.8 Å². The fourth-order valence-corrected chi connectivity index (χ4v) is 2.73. The summed E-state index contributed by atoms with van der Waals surface area (Å²) in [6, 6.07) is 7.99. The zero-order valence-electron chi connectivity index (χ0n) is 9.41. The smallest absolute Gasteiger partial charge is 0.199 e. The van der Waals surface area contributed by atoms with Crippen molar-refractivity contribution in [3.63, 3.8) is 0 Å². The molecule has 6 heteroatoms. The number of pyridine rings is 1. The highest BCUT2D eigenvalue weighted by Gasteiger charge is 2.09. The van der Waals surface area contributed by atoms with E-state index < -0.39 is 0 Å². The first-order chi connectivity index (χ1) is 8.84. The van der Waals surface area contributed by atoms with E-state index in [1.165, 1.54) is 4.88 Å². The molecule has 4 nitrogen and oxygen atoms in total. The molecule has 1 N–H and O–H groups in total. The second-order valence-corrected chi connectivity index (χ2v) is 5.17. The van der Waals surface area contributed by atoms with Crippen LogP contribution in [0.25, 0.3) is 5.69 Å². The fourth-order valence-electron chi connectivity index (χ4n) is 1.77. The lowest BCUT2D eigenvalue weighted by atomic mass is 10.3. The van der Waals surface area contributed by atoms with Crippen LogP contribution in [0.4, 0.5) is 0 Å². The van der Waals surface area contributed by atoms with E-state index in [9.17, 15) is 0 Å². The van der Waals surface area contributed by atoms with Gasteiger partial charge in [-0.3, -0.25) is 14.6 Å². The van der Waals surface area contributed by atoms with E-state index in [1.54, 1.807) is 23.7 Å². The van der Waals surface area contributed by atoms with Crippen molar-refractivity contribution in [3.8, 4) is 5.69 Å². The van der Waals surface area contributed by atoms with Crippen LogP contribution >= 0.6 is 23.6 Å². The lowest BCUT2D eigenvalue weighted by Crippen LogP contribution is -2.02. The first kappa shape index (κ1) is 11.3. The molecule has 0 bridgehead atoms. The zero-order valence-corrected chi connectivity index (χ0v) is 11.0. The Labute approximate surface area is 113 Å². The summed E-state index contributed by atoms with van der Waals surface area (Å²) in [6.45, 7) is 0. The molecule has 18 heavy (non-hydrogen) atoms. The number of thiophene rings is 1. The second-order valence-electron chi connectivity index (χ2n) is 3.75. The molecule has 0 aliphatic rings. The topological polar surface area (TPSA) is 46.5 Å². The minimum atomic E-state index is 0.592. The van der Waals surface area contributed by atoms with Crippen LogP contribution in [-0.2, 0) is 6.42 Å². The van der Waals surface area contributed by atoms with Crippen LogP contribution in [-0.4, -0.2) is 19.7 Å². The van der Waals surface area contributed by atoms with Crippen molar-refractivity contribution in [2.24, 2.45) is 0 Å². The van der Waals surface area contributed by atoms with Gasteiger partial charge in [0.05, 0.1) is 11.9 Å². The molecule has 0 atom stereocenters. The third-order valence-electron chi connectivity index (χ3n) is 2.56. The fraction of sp³-hybridized carbons (Fsp3) is 0.0833. The van der Waals surface area contributed by atoms with Gasteiger partial charge >= 0.3 is 0 Å². The van der Waals surface area contributed by atoms with Crippen LogP contribution in [0.1, 0.15) is 10.7 Å². The van der Waals surface area contributed by atoms with Crippen molar-refractivity contribution in [1.82, 2.24) is 19.7 Å². The molecule has 0 aromatic carbocycles. The van der Waals surface area contributed by atoms with Crippen molar-refractivity contribution in [2.45, 2.75) is 6.42 Å². The summed E-state index contributed by atoms with van der Waals surface area (Å²) in [5.74, 6) is 0.899. The summed E-state index contributed by atoms with van der Waals surface area (Å²) >= 11 is 6.99. The van der Waals surface area contributed by atoms with E-state index >= 15 is 0 Å². The summed E-state index contributed by atoms with van der Waals surface area (Å²) in [5, 5.41) is 9.19. The first-order valence-corrected chi connectivity index (χ1v) is 6.72. The Bertz CT molecular complexity index is 682. The van der Waals surface area contributed by atoms with E-state index in [0.29, 0.717) is 4.77 Å². The number of hydrogen-bond donors (Lipinski definition) is 1. The van der Waals surface area contributed by atoms with Gasteiger partial charge in [-0.25, -0.2) is 0 Å². The second kappa shape index (κ2) is 4.83. The van der Waals surface area contributed by atoms with Crippen LogP contribution in [0, 0.1) is 4.77 Å². The maximum atomic E-state index is 5.27. The first-order valence-electron chi connectivity index (χ1n) is 5.43. The third-order valence-corrected chi connectivity index (χ3v) is 3.71. The summed E-state index contributed by atoms with van der Waals surface area (Å²) in [7, 11) is 0. The van der Waals surface area contributed by atoms with Gasteiger partial charge < -0.3 is 0 Å². The number of rotatable bonds is 3. The highest BCUT2D eigenvalue weighted by Crippen LogP contribution is 2.16.